The molecule has 0 saturated carbocycles. The molecule has 0 saturated heterocycles. The Bertz CT molecular complexity index is 377. The van der Waals surface area contributed by atoms with Gasteiger partial charge in [0.05, 0.1) is 0 Å². The molecule has 0 atom stereocenters. The van der Waals surface area contributed by atoms with Crippen molar-refractivity contribution in [1.29, 1.82) is 0 Å². The van der Waals surface area contributed by atoms with E-state index in [2.05, 4.69) is 6.58 Å². The van der Waals surface area contributed by atoms with Crippen molar-refractivity contribution >= 4 is 11.6 Å². The minimum absolute atomic E-state index is 0.00773. The number of rotatable bonds is 5. The predicted octanol–water partition coefficient (Wildman–Crippen LogP) is 1.29. The van der Waals surface area contributed by atoms with Crippen LogP contribution in [-0.4, -0.2) is 31.0 Å². The minimum Gasteiger partial charge on any atom is -0.484 e. The molecular formula is C12H16N2O2. The predicted molar refractivity (Wildman–Crippen MR) is 64.2 cm³/mol. The van der Waals surface area contributed by atoms with Gasteiger partial charge in [-0.3, -0.25) is 4.79 Å². The van der Waals surface area contributed by atoms with E-state index < -0.39 is 0 Å². The summed E-state index contributed by atoms with van der Waals surface area (Å²) in [6.07, 6.45) is 1.67. The largest absolute Gasteiger partial charge is 0.484 e. The van der Waals surface area contributed by atoms with Gasteiger partial charge in [-0.25, -0.2) is 0 Å². The van der Waals surface area contributed by atoms with E-state index in [1.165, 1.54) is 0 Å². The molecule has 0 spiro atoms. The van der Waals surface area contributed by atoms with E-state index in [0.29, 0.717) is 18.0 Å². The van der Waals surface area contributed by atoms with E-state index in [1.54, 1.807) is 42.3 Å². The van der Waals surface area contributed by atoms with Gasteiger partial charge in [-0.15, -0.1) is 6.58 Å². The van der Waals surface area contributed by atoms with Crippen molar-refractivity contribution in [2.24, 2.45) is 0 Å². The van der Waals surface area contributed by atoms with Crippen LogP contribution in [0.1, 0.15) is 0 Å². The Morgan fingerprint density at radius 1 is 1.62 bits per heavy atom. The van der Waals surface area contributed by atoms with Gasteiger partial charge in [0.15, 0.2) is 6.61 Å². The molecular weight excluding hydrogens is 204 g/mol. The van der Waals surface area contributed by atoms with Gasteiger partial charge in [-0.1, -0.05) is 12.1 Å². The number of nitrogen functional groups attached to an aromatic ring is 1. The number of ether oxygens (including phenoxy) is 1. The van der Waals surface area contributed by atoms with Crippen LogP contribution in [0.2, 0.25) is 0 Å². The lowest BCUT2D eigenvalue weighted by molar-refractivity contribution is -0.131. The van der Waals surface area contributed by atoms with Crippen molar-refractivity contribution < 1.29 is 9.53 Å². The van der Waals surface area contributed by atoms with Crippen molar-refractivity contribution in [2.75, 3.05) is 25.9 Å². The van der Waals surface area contributed by atoms with E-state index in [9.17, 15) is 4.79 Å². The molecule has 0 heterocycles. The van der Waals surface area contributed by atoms with Gasteiger partial charge in [0.2, 0.25) is 0 Å². The zero-order valence-corrected chi connectivity index (χ0v) is 9.35. The number of benzene rings is 1. The molecule has 1 rings (SSSR count). The van der Waals surface area contributed by atoms with Crippen molar-refractivity contribution in [3.05, 3.63) is 36.9 Å². The third-order valence-electron chi connectivity index (χ3n) is 2.05. The molecule has 1 aromatic rings. The maximum Gasteiger partial charge on any atom is 0.260 e. The SMILES string of the molecule is C=CCN(C)C(=O)COc1cccc(N)c1. The number of nitrogens with two attached hydrogens (primary N) is 1. The highest BCUT2D eigenvalue weighted by Crippen LogP contribution is 2.14. The highest BCUT2D eigenvalue weighted by molar-refractivity contribution is 5.77. The van der Waals surface area contributed by atoms with Crippen LogP contribution < -0.4 is 10.5 Å². The fourth-order valence-corrected chi connectivity index (χ4v) is 1.16. The lowest BCUT2D eigenvalue weighted by atomic mass is 10.3. The minimum atomic E-state index is -0.0951. The number of hydrogen-bond donors (Lipinski definition) is 1. The molecule has 0 unspecified atom stereocenters. The molecule has 86 valence electrons. The fourth-order valence-electron chi connectivity index (χ4n) is 1.16. The number of amides is 1. The molecule has 0 aliphatic carbocycles. The van der Waals surface area contributed by atoms with Crippen LogP contribution in [-0.2, 0) is 4.79 Å². The lowest BCUT2D eigenvalue weighted by Crippen LogP contribution is -2.31. The van der Waals surface area contributed by atoms with Gasteiger partial charge < -0.3 is 15.4 Å². The fraction of sp³-hybridized carbons (Fsp3) is 0.250. The standard InChI is InChI=1S/C12H16N2O2/c1-3-7-14(2)12(15)9-16-11-6-4-5-10(13)8-11/h3-6,8H,1,7,9,13H2,2H3. The summed E-state index contributed by atoms with van der Waals surface area (Å²) in [5.41, 5.74) is 6.20. The van der Waals surface area contributed by atoms with Gasteiger partial charge in [-0.05, 0) is 12.1 Å². The summed E-state index contributed by atoms with van der Waals surface area (Å²) in [6, 6.07) is 6.99. The summed E-state index contributed by atoms with van der Waals surface area (Å²) in [7, 11) is 1.70. The smallest absolute Gasteiger partial charge is 0.260 e. The summed E-state index contributed by atoms with van der Waals surface area (Å²) < 4.78 is 5.31. The Hall–Kier alpha value is -1.97. The topological polar surface area (TPSA) is 55.6 Å². The summed E-state index contributed by atoms with van der Waals surface area (Å²) in [6.45, 7) is 4.08. The van der Waals surface area contributed by atoms with Crippen LogP contribution in [0.5, 0.6) is 5.75 Å². The monoisotopic (exact) mass is 220 g/mol. The summed E-state index contributed by atoms with van der Waals surface area (Å²) >= 11 is 0. The van der Waals surface area contributed by atoms with Crippen LogP contribution in [0.15, 0.2) is 36.9 Å². The number of nitrogens with zero attached hydrogens (tertiary/aromatic N) is 1. The van der Waals surface area contributed by atoms with Gasteiger partial charge in [0.1, 0.15) is 5.75 Å². The normalized spacial score (nSPS) is 9.56. The maximum absolute atomic E-state index is 11.5. The van der Waals surface area contributed by atoms with E-state index in [-0.39, 0.29) is 12.5 Å². The molecule has 1 amide bonds. The highest BCUT2D eigenvalue weighted by atomic mass is 16.5. The molecule has 0 radical (unpaired) electrons. The van der Waals surface area contributed by atoms with E-state index in [4.69, 9.17) is 10.5 Å². The van der Waals surface area contributed by atoms with Crippen LogP contribution in [0, 0.1) is 0 Å². The van der Waals surface area contributed by atoms with Crippen molar-refractivity contribution in [3.8, 4) is 5.75 Å². The molecule has 0 fully saturated rings. The first-order valence-electron chi connectivity index (χ1n) is 4.96. The Morgan fingerprint density at radius 2 is 2.38 bits per heavy atom. The molecule has 0 aliphatic heterocycles. The van der Waals surface area contributed by atoms with Gasteiger partial charge >= 0.3 is 0 Å². The van der Waals surface area contributed by atoms with Gasteiger partial charge in [0, 0.05) is 25.3 Å². The van der Waals surface area contributed by atoms with Crippen molar-refractivity contribution in [1.82, 2.24) is 4.90 Å². The van der Waals surface area contributed by atoms with Crippen molar-refractivity contribution in [3.63, 3.8) is 0 Å². The average Bonchev–Trinajstić information content (AvgIpc) is 2.26. The number of anilines is 1. The lowest BCUT2D eigenvalue weighted by Gasteiger charge is -2.15. The summed E-state index contributed by atoms with van der Waals surface area (Å²) in [5.74, 6) is 0.502. The number of carbonyl (C=O) groups is 1. The summed E-state index contributed by atoms with van der Waals surface area (Å²) in [5, 5.41) is 0. The molecule has 0 bridgehead atoms. The van der Waals surface area contributed by atoms with E-state index in [0.717, 1.165) is 0 Å². The Labute approximate surface area is 95.3 Å². The molecule has 0 aliphatic rings. The van der Waals surface area contributed by atoms with E-state index in [1.807, 2.05) is 0 Å². The first-order chi connectivity index (χ1) is 7.63. The van der Waals surface area contributed by atoms with Crippen molar-refractivity contribution in [2.45, 2.75) is 0 Å². The Morgan fingerprint density at radius 3 is 3.00 bits per heavy atom. The number of likely N-dealkylation sites (N-methyl/N-ethyl adjacent to an activating group) is 1. The second-order valence-electron chi connectivity index (χ2n) is 3.42. The first kappa shape index (κ1) is 12.1. The number of carbonyl (C=O) groups excluding carboxylic acids is 1. The van der Waals surface area contributed by atoms with Gasteiger partial charge in [0.25, 0.3) is 5.91 Å². The molecule has 1 aromatic carbocycles. The quantitative estimate of drug-likeness (QED) is 0.601. The maximum atomic E-state index is 11.5. The average molecular weight is 220 g/mol. The third kappa shape index (κ3) is 3.65. The zero-order chi connectivity index (χ0) is 12.0. The Balaban J connectivity index is 2.45. The molecule has 2 N–H and O–H groups in total. The van der Waals surface area contributed by atoms with Crippen LogP contribution in [0.4, 0.5) is 5.69 Å². The van der Waals surface area contributed by atoms with Gasteiger partial charge in [-0.2, -0.15) is 0 Å². The van der Waals surface area contributed by atoms with Crippen LogP contribution >= 0.6 is 0 Å². The van der Waals surface area contributed by atoms with Crippen LogP contribution in [0.3, 0.4) is 0 Å². The second-order valence-corrected chi connectivity index (χ2v) is 3.42. The van der Waals surface area contributed by atoms with Crippen LogP contribution in [0.25, 0.3) is 0 Å². The molecule has 4 nitrogen and oxygen atoms in total. The molecule has 4 heteroatoms. The first-order valence-corrected chi connectivity index (χ1v) is 4.96. The number of hydrogen-bond acceptors (Lipinski definition) is 3. The zero-order valence-electron chi connectivity index (χ0n) is 9.35. The Kier molecular flexibility index (Phi) is 4.39. The highest BCUT2D eigenvalue weighted by Gasteiger charge is 2.07. The molecule has 0 aromatic heterocycles. The van der Waals surface area contributed by atoms with E-state index >= 15 is 0 Å². The second kappa shape index (κ2) is 5.80. The molecule has 16 heavy (non-hydrogen) atoms. The third-order valence-corrected chi connectivity index (χ3v) is 2.05. The summed E-state index contributed by atoms with van der Waals surface area (Å²) in [4.78, 5) is 13.1.